The summed E-state index contributed by atoms with van der Waals surface area (Å²) in [5.41, 5.74) is 3.27. The van der Waals surface area contributed by atoms with Gasteiger partial charge >= 0.3 is 12.1 Å². The molecule has 0 amide bonds. The molecule has 1 aromatic heterocycles. The van der Waals surface area contributed by atoms with E-state index in [-0.39, 0.29) is 12.0 Å². The maximum Gasteiger partial charge on any atom is 0.419 e. The SMILES string of the molecule is COC(=O)[C@@H]1Cc2cn(C(=O)OC(C)(C)C)c3cccc(c23)[C@@H](C=C(C)C)N1. The van der Waals surface area contributed by atoms with Crippen LogP contribution < -0.4 is 5.32 Å². The zero-order chi connectivity index (χ0) is 20.6. The summed E-state index contributed by atoms with van der Waals surface area (Å²) in [7, 11) is 1.39. The van der Waals surface area contributed by atoms with Crippen molar-refractivity contribution >= 4 is 23.0 Å². The van der Waals surface area contributed by atoms with Gasteiger partial charge in [-0.25, -0.2) is 4.79 Å². The minimum absolute atomic E-state index is 0.159. The molecule has 0 radical (unpaired) electrons. The van der Waals surface area contributed by atoms with Gasteiger partial charge in [0.25, 0.3) is 0 Å². The lowest BCUT2D eigenvalue weighted by molar-refractivity contribution is -0.143. The first-order valence-electron chi connectivity index (χ1n) is 9.46. The molecule has 0 unspecified atom stereocenters. The lowest BCUT2D eigenvalue weighted by Gasteiger charge is -2.22. The number of rotatable bonds is 2. The smallest absolute Gasteiger partial charge is 0.419 e. The van der Waals surface area contributed by atoms with Crippen molar-refractivity contribution < 1.29 is 19.1 Å². The molecule has 150 valence electrons. The molecule has 0 bridgehead atoms. The first kappa shape index (κ1) is 20.1. The summed E-state index contributed by atoms with van der Waals surface area (Å²) in [6, 6.07) is 5.20. The number of carbonyl (C=O) groups excluding carboxylic acids is 2. The lowest BCUT2D eigenvalue weighted by atomic mass is 9.99. The Labute approximate surface area is 165 Å². The van der Waals surface area contributed by atoms with E-state index in [9.17, 15) is 9.59 Å². The highest BCUT2D eigenvalue weighted by Crippen LogP contribution is 2.34. The van der Waals surface area contributed by atoms with E-state index in [1.807, 2.05) is 52.8 Å². The van der Waals surface area contributed by atoms with E-state index in [4.69, 9.17) is 9.47 Å². The molecule has 1 N–H and O–H groups in total. The molecule has 0 fully saturated rings. The van der Waals surface area contributed by atoms with Crippen LogP contribution in [0.2, 0.25) is 0 Å². The third kappa shape index (κ3) is 3.97. The van der Waals surface area contributed by atoms with E-state index in [2.05, 4.69) is 11.4 Å². The van der Waals surface area contributed by atoms with E-state index in [1.165, 1.54) is 7.11 Å². The fourth-order valence-electron chi connectivity index (χ4n) is 3.62. The normalized spacial score (nSPS) is 19.1. The van der Waals surface area contributed by atoms with Crippen LogP contribution in [0.1, 0.15) is 51.8 Å². The van der Waals surface area contributed by atoms with Crippen molar-refractivity contribution in [1.82, 2.24) is 9.88 Å². The Morgan fingerprint density at radius 3 is 2.57 bits per heavy atom. The van der Waals surface area contributed by atoms with Gasteiger partial charge in [-0.3, -0.25) is 14.7 Å². The molecule has 3 rings (SSSR count). The molecule has 2 atom stereocenters. The number of carbonyl (C=O) groups is 2. The van der Waals surface area contributed by atoms with Crippen LogP contribution in [0.5, 0.6) is 0 Å². The Morgan fingerprint density at radius 2 is 1.96 bits per heavy atom. The second-order valence-electron chi connectivity index (χ2n) is 8.41. The average Bonchev–Trinajstić information content (AvgIpc) is 2.88. The zero-order valence-electron chi connectivity index (χ0n) is 17.3. The second-order valence-corrected chi connectivity index (χ2v) is 8.41. The van der Waals surface area contributed by atoms with Crippen molar-refractivity contribution in [1.29, 1.82) is 0 Å². The van der Waals surface area contributed by atoms with E-state index in [0.717, 1.165) is 27.6 Å². The molecule has 0 saturated heterocycles. The summed E-state index contributed by atoms with van der Waals surface area (Å²) in [5.74, 6) is -0.321. The molecule has 6 heteroatoms. The van der Waals surface area contributed by atoms with Gasteiger partial charge in [-0.1, -0.05) is 23.8 Å². The Kier molecular flexibility index (Phi) is 5.35. The van der Waals surface area contributed by atoms with E-state index < -0.39 is 17.7 Å². The topological polar surface area (TPSA) is 69.6 Å². The third-order valence-corrected chi connectivity index (χ3v) is 4.66. The summed E-state index contributed by atoms with van der Waals surface area (Å²) in [6.45, 7) is 9.57. The van der Waals surface area contributed by atoms with Crippen molar-refractivity contribution in [2.24, 2.45) is 0 Å². The molecule has 28 heavy (non-hydrogen) atoms. The molecule has 0 saturated carbocycles. The van der Waals surface area contributed by atoms with Crippen molar-refractivity contribution in [2.45, 2.75) is 58.7 Å². The minimum Gasteiger partial charge on any atom is -0.468 e. The van der Waals surface area contributed by atoms with E-state index >= 15 is 0 Å². The van der Waals surface area contributed by atoms with Crippen LogP contribution in [0.25, 0.3) is 10.9 Å². The maximum absolute atomic E-state index is 12.8. The highest BCUT2D eigenvalue weighted by atomic mass is 16.6. The molecule has 2 aromatic rings. The fraction of sp³-hybridized carbons (Fsp3) is 0.455. The number of methoxy groups -OCH3 is 1. The van der Waals surface area contributed by atoms with Crippen LogP contribution in [-0.4, -0.2) is 35.4 Å². The number of hydrogen-bond donors (Lipinski definition) is 1. The zero-order valence-corrected chi connectivity index (χ0v) is 17.3. The number of benzene rings is 1. The Morgan fingerprint density at radius 1 is 1.25 bits per heavy atom. The van der Waals surface area contributed by atoms with Gasteiger partial charge in [-0.2, -0.15) is 0 Å². The number of nitrogens with one attached hydrogen (secondary N) is 1. The van der Waals surface area contributed by atoms with Crippen LogP contribution in [0, 0.1) is 0 Å². The van der Waals surface area contributed by atoms with Gasteiger partial charge < -0.3 is 9.47 Å². The van der Waals surface area contributed by atoms with Crippen LogP contribution in [-0.2, 0) is 20.7 Å². The fourth-order valence-corrected chi connectivity index (χ4v) is 3.62. The Bertz CT molecular complexity index is 945. The van der Waals surface area contributed by atoms with Gasteiger partial charge in [-0.15, -0.1) is 0 Å². The molecule has 1 aliphatic rings. The number of hydrogen-bond acceptors (Lipinski definition) is 5. The number of allylic oxidation sites excluding steroid dienone is 1. The molecular weight excluding hydrogens is 356 g/mol. The summed E-state index contributed by atoms with van der Waals surface area (Å²) in [5, 5.41) is 4.38. The van der Waals surface area contributed by atoms with Crippen LogP contribution in [0.4, 0.5) is 4.79 Å². The molecule has 2 heterocycles. The summed E-state index contributed by atoms with van der Waals surface area (Å²) in [6.07, 6.45) is 3.88. The van der Waals surface area contributed by atoms with E-state index in [1.54, 1.807) is 10.8 Å². The Balaban J connectivity index is 2.19. The molecule has 1 aliphatic heterocycles. The van der Waals surface area contributed by atoms with Gasteiger partial charge in [0.15, 0.2) is 0 Å². The number of ether oxygens (including phenoxy) is 2. The molecule has 6 nitrogen and oxygen atoms in total. The molecule has 1 aromatic carbocycles. The van der Waals surface area contributed by atoms with Crippen LogP contribution >= 0.6 is 0 Å². The summed E-state index contributed by atoms with van der Waals surface area (Å²) >= 11 is 0. The van der Waals surface area contributed by atoms with Crippen molar-refractivity contribution in [3.63, 3.8) is 0 Å². The van der Waals surface area contributed by atoms with Gasteiger partial charge in [0.1, 0.15) is 11.6 Å². The van der Waals surface area contributed by atoms with Gasteiger partial charge in [0.05, 0.1) is 18.7 Å². The van der Waals surface area contributed by atoms with Gasteiger partial charge in [0.2, 0.25) is 0 Å². The first-order chi connectivity index (χ1) is 13.1. The summed E-state index contributed by atoms with van der Waals surface area (Å²) in [4.78, 5) is 25.1. The third-order valence-electron chi connectivity index (χ3n) is 4.66. The monoisotopic (exact) mass is 384 g/mol. The van der Waals surface area contributed by atoms with Crippen LogP contribution in [0.15, 0.2) is 36.0 Å². The van der Waals surface area contributed by atoms with Crippen molar-refractivity contribution in [3.05, 3.63) is 47.2 Å². The number of esters is 1. The lowest BCUT2D eigenvalue weighted by Crippen LogP contribution is -2.40. The first-order valence-corrected chi connectivity index (χ1v) is 9.46. The van der Waals surface area contributed by atoms with Crippen molar-refractivity contribution in [3.8, 4) is 0 Å². The predicted molar refractivity (Wildman–Crippen MR) is 108 cm³/mol. The van der Waals surface area contributed by atoms with Crippen molar-refractivity contribution in [2.75, 3.05) is 7.11 Å². The Hall–Kier alpha value is -2.60. The quantitative estimate of drug-likeness (QED) is 0.623. The molecular formula is C22H28N2O4. The minimum atomic E-state index is -0.594. The standard InChI is InChI=1S/C22H28N2O4/c1-13(2)10-16-15-8-7-9-18-19(15)14(11-17(23-16)20(25)27-6)12-24(18)21(26)28-22(3,4)5/h7-10,12,16-17,23H,11H2,1-6H3/t16-,17+/m1/s1. The number of aromatic nitrogens is 1. The second kappa shape index (κ2) is 7.43. The highest BCUT2D eigenvalue weighted by Gasteiger charge is 2.31. The van der Waals surface area contributed by atoms with Gasteiger partial charge in [-0.05, 0) is 51.8 Å². The number of nitrogens with zero attached hydrogens (tertiary/aromatic N) is 1. The van der Waals surface area contributed by atoms with Crippen LogP contribution in [0.3, 0.4) is 0 Å². The molecule has 0 spiro atoms. The predicted octanol–water partition coefficient (Wildman–Crippen LogP) is 4.12. The largest absolute Gasteiger partial charge is 0.468 e. The molecule has 0 aliphatic carbocycles. The highest BCUT2D eigenvalue weighted by molar-refractivity contribution is 5.95. The summed E-state index contributed by atoms with van der Waals surface area (Å²) < 4.78 is 12.1. The average molecular weight is 384 g/mol. The maximum atomic E-state index is 12.8. The van der Waals surface area contributed by atoms with E-state index in [0.29, 0.717) is 6.42 Å². The van der Waals surface area contributed by atoms with Gasteiger partial charge in [0, 0.05) is 18.0 Å².